The van der Waals surface area contributed by atoms with Gasteiger partial charge in [-0.2, -0.15) is 5.87 Å². The van der Waals surface area contributed by atoms with Gasteiger partial charge in [0.25, 0.3) is 0 Å². The van der Waals surface area contributed by atoms with E-state index in [4.69, 9.17) is 5.41 Å². The zero-order valence-corrected chi connectivity index (χ0v) is 7.62. The maximum absolute atomic E-state index is 8.84. The van der Waals surface area contributed by atoms with Crippen molar-refractivity contribution in [3.05, 3.63) is 41.3 Å². The van der Waals surface area contributed by atoms with Crippen molar-refractivity contribution in [1.29, 1.82) is 0 Å². The van der Waals surface area contributed by atoms with Crippen molar-refractivity contribution in [2.24, 2.45) is 0 Å². The van der Waals surface area contributed by atoms with Crippen molar-refractivity contribution in [2.75, 3.05) is 0 Å². The van der Waals surface area contributed by atoms with Crippen LogP contribution in [0.3, 0.4) is 0 Å². The first-order valence-electron chi connectivity index (χ1n) is 4.29. The van der Waals surface area contributed by atoms with Crippen LogP contribution in [-0.2, 0) is 0 Å². The molecule has 2 heteroatoms. The molecule has 0 atom stereocenters. The minimum Gasteiger partial charge on any atom is -0.758 e. The highest BCUT2D eigenvalue weighted by Gasteiger charge is 1.99. The topological polar surface area (TPSA) is 36.3 Å². The lowest BCUT2D eigenvalue weighted by Gasteiger charge is -1.93. The lowest BCUT2D eigenvalue weighted by atomic mass is 10.2. The summed E-state index contributed by atoms with van der Waals surface area (Å²) in [5.41, 5.74) is 1.53. The molecule has 0 aliphatic heterocycles. The monoisotopic (exact) mass is 172 g/mol. The van der Waals surface area contributed by atoms with Crippen molar-refractivity contribution in [1.82, 2.24) is 0 Å². The van der Waals surface area contributed by atoms with Gasteiger partial charge in [-0.05, 0) is 12.1 Å². The van der Waals surface area contributed by atoms with Crippen molar-refractivity contribution in [2.45, 2.75) is 13.3 Å². The van der Waals surface area contributed by atoms with E-state index in [1.165, 1.54) is 0 Å². The lowest BCUT2D eigenvalue weighted by molar-refractivity contribution is -0.336. The Morgan fingerprint density at radius 3 is 2.69 bits per heavy atom. The molecule has 0 saturated carbocycles. The van der Waals surface area contributed by atoms with Gasteiger partial charge >= 0.3 is 0 Å². The maximum atomic E-state index is 8.84. The van der Waals surface area contributed by atoms with Crippen LogP contribution >= 0.6 is 0 Å². The first-order chi connectivity index (χ1) is 6.38. The van der Waals surface area contributed by atoms with E-state index in [9.17, 15) is 0 Å². The Kier molecular flexibility index (Phi) is 3.68. The molecule has 1 aromatic rings. The molecule has 13 heavy (non-hydrogen) atoms. The fraction of sp³-hybridized carbons (Fsp3) is 0.182. The third kappa shape index (κ3) is 2.69. The molecule has 0 aromatic heterocycles. The molecule has 1 aromatic carbocycles. The summed E-state index contributed by atoms with van der Waals surface area (Å²) in [5.74, 6) is 2.13. The van der Waals surface area contributed by atoms with Gasteiger partial charge in [-0.15, -0.1) is 0 Å². The smallest absolute Gasteiger partial charge is 0.231 e. The Bertz CT molecular complexity index is 332. The third-order valence-electron chi connectivity index (χ3n) is 1.62. The van der Waals surface area contributed by atoms with E-state index in [-0.39, 0.29) is 0 Å². The van der Waals surface area contributed by atoms with Gasteiger partial charge in [0.15, 0.2) is 0 Å². The quantitative estimate of drug-likeness (QED) is 0.656. The Balaban J connectivity index is 2.93. The third-order valence-corrected chi connectivity index (χ3v) is 1.62. The average Bonchev–Trinajstić information content (AvgIpc) is 2.21. The summed E-state index contributed by atoms with van der Waals surface area (Å²) in [6, 6.07) is 9.59. The summed E-state index contributed by atoms with van der Waals surface area (Å²) in [4.78, 5) is 2.97. The Morgan fingerprint density at radius 2 is 2.15 bits per heavy atom. The van der Waals surface area contributed by atoms with Gasteiger partial charge in [-0.3, -0.25) is 0 Å². The molecule has 0 bridgehead atoms. The highest BCUT2D eigenvalue weighted by Crippen LogP contribution is 2.02. The van der Waals surface area contributed by atoms with Crippen LogP contribution in [0.2, 0.25) is 0 Å². The van der Waals surface area contributed by atoms with Crippen LogP contribution in [0.1, 0.15) is 18.9 Å². The van der Waals surface area contributed by atoms with Crippen molar-refractivity contribution >= 4 is 17.8 Å². The minimum absolute atomic E-state index is 0.599. The van der Waals surface area contributed by atoms with E-state index in [0.29, 0.717) is 5.70 Å². The molecule has 1 rings (SSSR count). The van der Waals surface area contributed by atoms with Gasteiger partial charge in [0.05, 0.1) is 5.56 Å². The molecule has 66 valence electrons. The van der Waals surface area contributed by atoms with Crippen molar-refractivity contribution in [3.8, 4) is 0 Å². The molecule has 1 N–H and O–H groups in total. The molecule has 0 heterocycles. The molecular weight excluding hydrogens is 160 g/mol. The van der Waals surface area contributed by atoms with E-state index in [1.54, 1.807) is 0 Å². The molecule has 0 aliphatic rings. The molecule has 0 radical (unpaired) electrons. The van der Waals surface area contributed by atoms with Crippen LogP contribution in [0.25, 0.3) is 11.1 Å². The summed E-state index contributed by atoms with van der Waals surface area (Å²) in [5, 5.41) is 8.84. The van der Waals surface area contributed by atoms with Gasteiger partial charge in [0.2, 0.25) is 5.70 Å². The van der Waals surface area contributed by atoms with E-state index in [2.05, 4.69) is 10.9 Å². The van der Waals surface area contributed by atoms with E-state index < -0.39 is 0 Å². The summed E-state index contributed by atoms with van der Waals surface area (Å²) >= 11 is 0. The number of rotatable bonds is 3. The average molecular weight is 172 g/mol. The van der Waals surface area contributed by atoms with Gasteiger partial charge in [-0.25, -0.2) is 4.99 Å². The van der Waals surface area contributed by atoms with Gasteiger partial charge in [0.1, 0.15) is 6.21 Å². The van der Waals surface area contributed by atoms with Crippen LogP contribution < -0.4 is 4.99 Å². The van der Waals surface area contributed by atoms with Crippen LogP contribution in [0.15, 0.2) is 30.3 Å². The van der Waals surface area contributed by atoms with Crippen LogP contribution in [0.4, 0.5) is 0 Å². The molecule has 0 fully saturated rings. The number of hydrogen-bond donors (Lipinski definition) is 1. The van der Waals surface area contributed by atoms with E-state index in [0.717, 1.165) is 12.0 Å². The molecule has 0 saturated heterocycles. The van der Waals surface area contributed by atoms with E-state index in [1.807, 2.05) is 43.5 Å². The molecule has 0 unspecified atom stereocenters. The molecule has 2 nitrogen and oxygen atoms in total. The Hall–Kier alpha value is -1.66. The Morgan fingerprint density at radius 1 is 1.46 bits per heavy atom. The standard InChI is InChI=1S/C11H11N2/c1-2-8-13-11(9-12)10-6-4-3-5-7-10/h3-8H,2H2,1H3/q-1/p+1. The number of nitrogens with zero attached hydrogens (tertiary/aromatic N) is 1. The largest absolute Gasteiger partial charge is 0.758 e. The molecule has 0 aliphatic carbocycles. The summed E-state index contributed by atoms with van der Waals surface area (Å²) < 4.78 is 0. The zero-order valence-electron chi connectivity index (χ0n) is 7.62. The van der Waals surface area contributed by atoms with Gasteiger partial charge in [0, 0.05) is 6.42 Å². The normalized spacial score (nSPS) is 9.92. The highest BCUT2D eigenvalue weighted by atomic mass is 14.7. The predicted molar refractivity (Wildman–Crippen MR) is 55.5 cm³/mol. The molecule has 0 spiro atoms. The predicted octanol–water partition coefficient (Wildman–Crippen LogP) is 0.828. The SMILES string of the molecule is CCC=[NH+]C(=C=[N-])c1ccccc1. The maximum Gasteiger partial charge on any atom is 0.231 e. The summed E-state index contributed by atoms with van der Waals surface area (Å²) in [6.07, 6.45) is 2.77. The van der Waals surface area contributed by atoms with Gasteiger partial charge in [-0.1, -0.05) is 25.1 Å². The zero-order chi connectivity index (χ0) is 9.52. The number of hydrogen-bond acceptors (Lipinski definition) is 0. The first kappa shape index (κ1) is 9.43. The second-order valence-corrected chi connectivity index (χ2v) is 2.61. The van der Waals surface area contributed by atoms with Gasteiger partial charge < -0.3 is 5.41 Å². The molecular formula is C11H12N2. The van der Waals surface area contributed by atoms with Crippen LogP contribution in [-0.4, -0.2) is 12.1 Å². The lowest BCUT2D eigenvalue weighted by Crippen LogP contribution is -2.65. The molecule has 0 amide bonds. The van der Waals surface area contributed by atoms with Crippen LogP contribution in [0, 0.1) is 0 Å². The first-order valence-corrected chi connectivity index (χ1v) is 4.29. The fourth-order valence-corrected chi connectivity index (χ4v) is 0.989. The summed E-state index contributed by atoms with van der Waals surface area (Å²) in [7, 11) is 0. The van der Waals surface area contributed by atoms with Crippen LogP contribution in [0.5, 0.6) is 0 Å². The number of nitrogens with one attached hydrogen (secondary N) is 1. The minimum atomic E-state index is 0.599. The second kappa shape index (κ2) is 5.07. The fourth-order valence-electron chi connectivity index (χ4n) is 0.989. The highest BCUT2D eigenvalue weighted by molar-refractivity contribution is 5.86. The van der Waals surface area contributed by atoms with E-state index >= 15 is 0 Å². The summed E-state index contributed by atoms with van der Waals surface area (Å²) in [6.45, 7) is 2.02. The number of benzene rings is 1. The van der Waals surface area contributed by atoms with Crippen molar-refractivity contribution in [3.63, 3.8) is 0 Å². The second-order valence-electron chi connectivity index (χ2n) is 2.61. The van der Waals surface area contributed by atoms with Crippen molar-refractivity contribution < 1.29 is 4.99 Å². The Labute approximate surface area is 78.1 Å².